The molecule has 1 aliphatic heterocycles. The van der Waals surface area contributed by atoms with Crippen molar-refractivity contribution in [3.63, 3.8) is 0 Å². The summed E-state index contributed by atoms with van der Waals surface area (Å²) in [6, 6.07) is 12.6. The second-order valence-electron chi connectivity index (χ2n) is 7.08. The third kappa shape index (κ3) is 3.93. The molecule has 0 amide bonds. The Kier molecular flexibility index (Phi) is 5.69. The normalized spacial score (nSPS) is 15.1. The highest BCUT2D eigenvalue weighted by molar-refractivity contribution is 5.98. The molecule has 1 saturated heterocycles. The molecular formula is C22H26N4O2. The Bertz CT molecular complexity index is 924. The zero-order valence-electron chi connectivity index (χ0n) is 16.2. The van der Waals surface area contributed by atoms with E-state index in [0.717, 1.165) is 56.2 Å². The van der Waals surface area contributed by atoms with Gasteiger partial charge in [-0.05, 0) is 42.1 Å². The molecule has 2 aromatic carbocycles. The van der Waals surface area contributed by atoms with E-state index < -0.39 is 0 Å². The fourth-order valence-corrected chi connectivity index (χ4v) is 3.82. The van der Waals surface area contributed by atoms with Crippen molar-refractivity contribution >= 4 is 16.5 Å². The molecule has 1 N–H and O–H groups in total. The van der Waals surface area contributed by atoms with E-state index in [4.69, 9.17) is 9.84 Å². The summed E-state index contributed by atoms with van der Waals surface area (Å²) >= 11 is 0. The highest BCUT2D eigenvalue weighted by atomic mass is 16.5. The van der Waals surface area contributed by atoms with Gasteiger partial charge in [0.25, 0.3) is 0 Å². The Morgan fingerprint density at radius 1 is 1.07 bits per heavy atom. The average molecular weight is 378 g/mol. The van der Waals surface area contributed by atoms with Gasteiger partial charge in [0.05, 0.1) is 12.8 Å². The predicted molar refractivity (Wildman–Crippen MR) is 112 cm³/mol. The number of ether oxygens (including phenoxy) is 1. The summed E-state index contributed by atoms with van der Waals surface area (Å²) in [5.41, 5.74) is 3.24. The van der Waals surface area contributed by atoms with Crippen LogP contribution in [0.3, 0.4) is 0 Å². The summed E-state index contributed by atoms with van der Waals surface area (Å²) in [4.78, 5) is 13.3. The third-order valence-electron chi connectivity index (χ3n) is 5.36. The Labute approximate surface area is 165 Å². The molecule has 0 spiro atoms. The second kappa shape index (κ2) is 8.54. The number of piperazine rings is 1. The van der Waals surface area contributed by atoms with Crippen LogP contribution in [0.25, 0.3) is 22.0 Å². The minimum absolute atomic E-state index is 0.256. The van der Waals surface area contributed by atoms with Crippen molar-refractivity contribution in [1.29, 1.82) is 0 Å². The van der Waals surface area contributed by atoms with Gasteiger partial charge in [-0.3, -0.25) is 4.90 Å². The number of hydrogen-bond donors (Lipinski definition) is 1. The number of benzene rings is 2. The molecule has 2 heterocycles. The van der Waals surface area contributed by atoms with E-state index >= 15 is 0 Å². The summed E-state index contributed by atoms with van der Waals surface area (Å²) in [7, 11) is 1.70. The lowest BCUT2D eigenvalue weighted by atomic mass is 10.0. The lowest BCUT2D eigenvalue weighted by Gasteiger charge is -2.36. The zero-order chi connectivity index (χ0) is 19.3. The quantitative estimate of drug-likeness (QED) is 0.712. The summed E-state index contributed by atoms with van der Waals surface area (Å²) < 4.78 is 5.47. The molecule has 0 atom stereocenters. The van der Waals surface area contributed by atoms with Gasteiger partial charge in [0, 0.05) is 62.2 Å². The van der Waals surface area contributed by atoms with Gasteiger partial charge < -0.3 is 14.7 Å². The van der Waals surface area contributed by atoms with E-state index in [0.29, 0.717) is 0 Å². The number of methoxy groups -OCH3 is 1. The first kappa shape index (κ1) is 18.7. The van der Waals surface area contributed by atoms with Crippen molar-refractivity contribution in [3.8, 4) is 17.0 Å². The number of nitrogens with zero attached hydrogens (tertiary/aromatic N) is 4. The van der Waals surface area contributed by atoms with Gasteiger partial charge in [-0.25, -0.2) is 9.97 Å². The first-order chi connectivity index (χ1) is 13.8. The predicted octanol–water partition coefficient (Wildman–Crippen LogP) is 2.81. The van der Waals surface area contributed by atoms with Gasteiger partial charge >= 0.3 is 0 Å². The maximum atomic E-state index is 9.07. The minimum atomic E-state index is 0.256. The minimum Gasteiger partial charge on any atom is -0.497 e. The molecular weight excluding hydrogens is 352 g/mol. The summed E-state index contributed by atoms with van der Waals surface area (Å²) in [5, 5.41) is 11.4. The Balaban J connectivity index is 1.71. The van der Waals surface area contributed by atoms with E-state index in [1.54, 1.807) is 19.6 Å². The summed E-state index contributed by atoms with van der Waals surface area (Å²) in [6.45, 7) is 5.15. The van der Waals surface area contributed by atoms with Crippen molar-refractivity contribution in [1.82, 2.24) is 14.9 Å². The highest BCUT2D eigenvalue weighted by Gasteiger charge is 2.20. The molecule has 6 nitrogen and oxygen atoms in total. The highest BCUT2D eigenvalue weighted by Crippen LogP contribution is 2.35. The number of aromatic nitrogens is 2. The van der Waals surface area contributed by atoms with Gasteiger partial charge in [-0.1, -0.05) is 6.07 Å². The van der Waals surface area contributed by atoms with Gasteiger partial charge in [-0.15, -0.1) is 0 Å². The largest absolute Gasteiger partial charge is 0.497 e. The first-order valence-corrected chi connectivity index (χ1v) is 9.75. The lowest BCUT2D eigenvalue weighted by molar-refractivity contribution is 0.216. The smallest absolute Gasteiger partial charge is 0.119 e. The fourth-order valence-electron chi connectivity index (χ4n) is 3.82. The van der Waals surface area contributed by atoms with E-state index in [2.05, 4.69) is 44.0 Å². The van der Waals surface area contributed by atoms with Crippen LogP contribution < -0.4 is 9.64 Å². The molecule has 6 heteroatoms. The van der Waals surface area contributed by atoms with E-state index in [1.807, 2.05) is 12.1 Å². The second-order valence-corrected chi connectivity index (χ2v) is 7.08. The number of hydrogen-bond acceptors (Lipinski definition) is 6. The van der Waals surface area contributed by atoms with Crippen molar-refractivity contribution in [2.45, 2.75) is 6.42 Å². The van der Waals surface area contributed by atoms with Gasteiger partial charge in [0.2, 0.25) is 0 Å². The summed E-state index contributed by atoms with van der Waals surface area (Å²) in [6.07, 6.45) is 4.20. The molecule has 1 aromatic heterocycles. The van der Waals surface area contributed by atoms with E-state index in [9.17, 15) is 0 Å². The van der Waals surface area contributed by atoms with Crippen LogP contribution in [-0.2, 0) is 0 Å². The van der Waals surface area contributed by atoms with E-state index in [1.165, 1.54) is 16.5 Å². The molecule has 1 aliphatic rings. The van der Waals surface area contributed by atoms with Crippen molar-refractivity contribution in [2.75, 3.05) is 51.3 Å². The molecule has 0 saturated carbocycles. The summed E-state index contributed by atoms with van der Waals surface area (Å²) in [5.74, 6) is 0.866. The van der Waals surface area contributed by atoms with Crippen LogP contribution in [0.2, 0.25) is 0 Å². The standard InChI is InChI=1S/C22H26N4O2/c1-28-19-4-3-17-13-18(21-5-6-23-16-24-21)14-22(20(17)15-19)26-10-8-25(9-11-26)7-2-12-27/h3-6,13-16,27H,2,7-12H2,1H3. The molecule has 146 valence electrons. The van der Waals surface area contributed by atoms with Crippen molar-refractivity contribution in [3.05, 3.63) is 48.9 Å². The van der Waals surface area contributed by atoms with Crippen molar-refractivity contribution < 1.29 is 9.84 Å². The first-order valence-electron chi connectivity index (χ1n) is 9.75. The number of fused-ring (bicyclic) bond motifs is 1. The van der Waals surface area contributed by atoms with Crippen LogP contribution in [0.1, 0.15) is 6.42 Å². The van der Waals surface area contributed by atoms with Crippen molar-refractivity contribution in [2.24, 2.45) is 0 Å². The molecule has 3 aromatic rings. The number of rotatable bonds is 6. The SMILES string of the molecule is COc1ccc2cc(-c3ccncn3)cc(N3CCN(CCCO)CC3)c2c1. The average Bonchev–Trinajstić information content (AvgIpc) is 2.77. The topological polar surface area (TPSA) is 61.7 Å². The molecule has 1 fully saturated rings. The third-order valence-corrected chi connectivity index (χ3v) is 5.36. The Morgan fingerprint density at radius 2 is 1.93 bits per heavy atom. The number of aliphatic hydroxyl groups excluding tert-OH is 1. The monoisotopic (exact) mass is 378 g/mol. The van der Waals surface area contributed by atoms with Crippen LogP contribution in [0.4, 0.5) is 5.69 Å². The number of aliphatic hydroxyl groups is 1. The van der Waals surface area contributed by atoms with Gasteiger partial charge in [0.15, 0.2) is 0 Å². The molecule has 0 unspecified atom stereocenters. The molecule has 28 heavy (non-hydrogen) atoms. The van der Waals surface area contributed by atoms with Gasteiger partial charge in [0.1, 0.15) is 12.1 Å². The zero-order valence-corrected chi connectivity index (χ0v) is 16.2. The van der Waals surface area contributed by atoms with Gasteiger partial charge in [-0.2, -0.15) is 0 Å². The maximum Gasteiger partial charge on any atom is 0.119 e. The molecule has 4 rings (SSSR count). The molecule has 0 bridgehead atoms. The van der Waals surface area contributed by atoms with E-state index in [-0.39, 0.29) is 6.61 Å². The lowest BCUT2D eigenvalue weighted by Crippen LogP contribution is -2.46. The Hall–Kier alpha value is -2.70. The molecule has 0 aliphatic carbocycles. The maximum absolute atomic E-state index is 9.07. The van der Waals surface area contributed by atoms with Crippen LogP contribution in [0, 0.1) is 0 Å². The molecule has 0 radical (unpaired) electrons. The van der Waals surface area contributed by atoms with Crippen LogP contribution in [0.5, 0.6) is 5.75 Å². The van der Waals surface area contributed by atoms with Crippen LogP contribution >= 0.6 is 0 Å². The Morgan fingerprint density at radius 3 is 2.64 bits per heavy atom. The fraction of sp³-hybridized carbons (Fsp3) is 0.364. The van der Waals surface area contributed by atoms with Crippen LogP contribution in [0.15, 0.2) is 48.9 Å². The van der Waals surface area contributed by atoms with Crippen LogP contribution in [-0.4, -0.2) is 66.4 Å². The number of anilines is 1.